The van der Waals surface area contributed by atoms with E-state index >= 15 is 0 Å². The van der Waals surface area contributed by atoms with Gasteiger partial charge in [0.2, 0.25) is 5.91 Å². The SMILES string of the molecule is CN1C(=O)Cc2cc(-c3ccc(-c4cncc(N)c4)s3)ccc21. The maximum atomic E-state index is 11.8. The highest BCUT2D eigenvalue weighted by Gasteiger charge is 2.24. The van der Waals surface area contributed by atoms with Gasteiger partial charge in [0.1, 0.15) is 0 Å². The van der Waals surface area contributed by atoms with Crippen molar-refractivity contribution >= 4 is 28.6 Å². The van der Waals surface area contributed by atoms with Crippen LogP contribution in [0.4, 0.5) is 11.4 Å². The lowest BCUT2D eigenvalue weighted by atomic mass is 10.1. The number of fused-ring (bicyclic) bond motifs is 1. The van der Waals surface area contributed by atoms with Crippen LogP contribution in [-0.2, 0) is 11.2 Å². The molecule has 0 fully saturated rings. The third kappa shape index (κ3) is 2.39. The van der Waals surface area contributed by atoms with Crippen molar-refractivity contribution in [1.29, 1.82) is 0 Å². The molecule has 1 aromatic carbocycles. The van der Waals surface area contributed by atoms with E-state index in [4.69, 9.17) is 5.73 Å². The molecule has 3 aromatic rings. The third-order valence-electron chi connectivity index (χ3n) is 4.09. The van der Waals surface area contributed by atoms with Gasteiger partial charge in [-0.25, -0.2) is 0 Å². The average molecular weight is 321 g/mol. The standard InChI is InChI=1S/C18H15N3OS/c1-21-15-3-2-11(6-12(15)8-18(21)22)16-4-5-17(23-16)13-7-14(19)10-20-9-13/h2-7,9-10H,8,19H2,1H3. The van der Waals surface area contributed by atoms with Gasteiger partial charge in [-0.05, 0) is 41.5 Å². The number of aromatic nitrogens is 1. The van der Waals surface area contributed by atoms with E-state index in [1.165, 1.54) is 4.88 Å². The van der Waals surface area contributed by atoms with Crippen molar-refractivity contribution in [3.8, 4) is 20.9 Å². The maximum absolute atomic E-state index is 11.8. The number of nitrogens with zero attached hydrogens (tertiary/aromatic N) is 2. The number of likely N-dealkylation sites (N-methyl/N-ethyl adjacent to an activating group) is 1. The Bertz CT molecular complexity index is 916. The molecule has 4 nitrogen and oxygen atoms in total. The minimum Gasteiger partial charge on any atom is -0.397 e. The van der Waals surface area contributed by atoms with Crippen LogP contribution in [0.3, 0.4) is 0 Å². The molecular weight excluding hydrogens is 306 g/mol. The number of carbonyl (C=O) groups excluding carboxylic acids is 1. The second-order valence-corrected chi connectivity index (χ2v) is 6.73. The number of hydrogen-bond acceptors (Lipinski definition) is 4. The van der Waals surface area contributed by atoms with E-state index < -0.39 is 0 Å². The van der Waals surface area contributed by atoms with Gasteiger partial charge in [-0.2, -0.15) is 0 Å². The molecule has 0 spiro atoms. The molecule has 0 aliphatic carbocycles. The van der Waals surface area contributed by atoms with Gasteiger partial charge in [-0.15, -0.1) is 11.3 Å². The molecule has 0 atom stereocenters. The normalized spacial score (nSPS) is 13.4. The molecule has 4 rings (SSSR count). The number of carbonyl (C=O) groups is 1. The van der Waals surface area contributed by atoms with Crippen LogP contribution >= 0.6 is 11.3 Å². The Morgan fingerprint density at radius 3 is 2.65 bits per heavy atom. The number of amides is 1. The fourth-order valence-corrected chi connectivity index (χ4v) is 3.85. The van der Waals surface area contributed by atoms with Gasteiger partial charge >= 0.3 is 0 Å². The van der Waals surface area contributed by atoms with Crippen molar-refractivity contribution in [2.24, 2.45) is 0 Å². The number of pyridine rings is 1. The first-order chi connectivity index (χ1) is 11.1. The number of nitrogen functional groups attached to an aromatic ring is 1. The number of thiophene rings is 1. The number of anilines is 2. The summed E-state index contributed by atoms with van der Waals surface area (Å²) in [5.74, 6) is 0.148. The van der Waals surface area contributed by atoms with Crippen LogP contribution in [0.25, 0.3) is 20.9 Å². The smallest absolute Gasteiger partial charge is 0.231 e. The molecule has 1 aliphatic heterocycles. The highest BCUT2D eigenvalue weighted by molar-refractivity contribution is 7.18. The first kappa shape index (κ1) is 14.0. The van der Waals surface area contributed by atoms with Crippen LogP contribution in [0.15, 0.2) is 48.8 Å². The van der Waals surface area contributed by atoms with Crippen molar-refractivity contribution in [1.82, 2.24) is 4.98 Å². The quantitative estimate of drug-likeness (QED) is 0.785. The zero-order chi connectivity index (χ0) is 16.0. The topological polar surface area (TPSA) is 59.2 Å². The van der Waals surface area contributed by atoms with Crippen LogP contribution in [0.5, 0.6) is 0 Å². The van der Waals surface area contributed by atoms with Gasteiger partial charge in [0.05, 0.1) is 12.1 Å². The highest BCUT2D eigenvalue weighted by atomic mass is 32.1. The van der Waals surface area contributed by atoms with Crippen LogP contribution in [-0.4, -0.2) is 17.9 Å². The van der Waals surface area contributed by atoms with Crippen molar-refractivity contribution in [3.63, 3.8) is 0 Å². The van der Waals surface area contributed by atoms with E-state index in [0.29, 0.717) is 12.1 Å². The predicted molar refractivity (Wildman–Crippen MR) is 94.5 cm³/mol. The van der Waals surface area contributed by atoms with Crippen LogP contribution in [0.2, 0.25) is 0 Å². The van der Waals surface area contributed by atoms with Gasteiger partial charge in [-0.1, -0.05) is 6.07 Å². The Balaban J connectivity index is 1.70. The maximum Gasteiger partial charge on any atom is 0.231 e. The number of hydrogen-bond donors (Lipinski definition) is 1. The van der Waals surface area contributed by atoms with E-state index in [0.717, 1.165) is 27.3 Å². The molecule has 2 aromatic heterocycles. The summed E-state index contributed by atoms with van der Waals surface area (Å²) in [5.41, 5.74) is 10.7. The van der Waals surface area contributed by atoms with E-state index in [1.54, 1.807) is 22.4 Å². The van der Waals surface area contributed by atoms with Crippen LogP contribution in [0, 0.1) is 0 Å². The molecule has 0 radical (unpaired) electrons. The fraction of sp³-hybridized carbons (Fsp3) is 0.111. The minimum atomic E-state index is 0.148. The van der Waals surface area contributed by atoms with Gasteiger partial charge in [0, 0.05) is 40.4 Å². The van der Waals surface area contributed by atoms with Crippen LogP contribution in [0.1, 0.15) is 5.56 Å². The van der Waals surface area contributed by atoms with E-state index in [1.807, 2.05) is 25.4 Å². The summed E-state index contributed by atoms with van der Waals surface area (Å²) in [6.45, 7) is 0. The molecule has 0 saturated carbocycles. The first-order valence-corrected chi connectivity index (χ1v) is 8.14. The first-order valence-electron chi connectivity index (χ1n) is 7.32. The minimum absolute atomic E-state index is 0.148. The van der Waals surface area contributed by atoms with Crippen molar-refractivity contribution in [2.45, 2.75) is 6.42 Å². The Morgan fingerprint density at radius 1 is 1.09 bits per heavy atom. The molecule has 23 heavy (non-hydrogen) atoms. The van der Waals surface area contributed by atoms with Gasteiger partial charge in [0.15, 0.2) is 0 Å². The van der Waals surface area contributed by atoms with Gasteiger partial charge in [-0.3, -0.25) is 9.78 Å². The average Bonchev–Trinajstić information content (AvgIpc) is 3.13. The number of nitrogens with two attached hydrogens (primary N) is 1. The molecule has 1 amide bonds. The zero-order valence-corrected chi connectivity index (χ0v) is 13.4. The van der Waals surface area contributed by atoms with Crippen molar-refractivity contribution in [3.05, 3.63) is 54.4 Å². The molecule has 5 heteroatoms. The lowest BCUT2D eigenvalue weighted by Gasteiger charge is -2.10. The molecule has 2 N–H and O–H groups in total. The second-order valence-electron chi connectivity index (χ2n) is 5.64. The Hall–Kier alpha value is -2.66. The Morgan fingerprint density at radius 2 is 1.87 bits per heavy atom. The monoisotopic (exact) mass is 321 g/mol. The molecule has 0 saturated heterocycles. The summed E-state index contributed by atoms with van der Waals surface area (Å²) in [6.07, 6.45) is 3.95. The van der Waals surface area contributed by atoms with Crippen molar-refractivity contribution < 1.29 is 4.79 Å². The summed E-state index contributed by atoms with van der Waals surface area (Å²) in [4.78, 5) is 20.0. The lowest BCUT2D eigenvalue weighted by Crippen LogP contribution is -2.20. The molecule has 0 unspecified atom stereocenters. The van der Waals surface area contributed by atoms with Crippen molar-refractivity contribution in [2.75, 3.05) is 17.7 Å². The summed E-state index contributed by atoms with van der Waals surface area (Å²) >= 11 is 1.70. The van der Waals surface area contributed by atoms with Gasteiger partial charge in [0.25, 0.3) is 0 Å². The summed E-state index contributed by atoms with van der Waals surface area (Å²) in [5, 5.41) is 0. The molecule has 1 aliphatic rings. The molecule has 3 heterocycles. The second kappa shape index (κ2) is 5.21. The third-order valence-corrected chi connectivity index (χ3v) is 5.27. The largest absolute Gasteiger partial charge is 0.397 e. The fourth-order valence-electron chi connectivity index (χ4n) is 2.86. The molecule has 114 valence electrons. The highest BCUT2D eigenvalue weighted by Crippen LogP contribution is 2.37. The van der Waals surface area contributed by atoms with E-state index in [2.05, 4.69) is 29.2 Å². The number of benzene rings is 1. The summed E-state index contributed by atoms with van der Waals surface area (Å²) < 4.78 is 0. The van der Waals surface area contributed by atoms with Gasteiger partial charge < -0.3 is 10.6 Å². The molecule has 0 bridgehead atoms. The van der Waals surface area contributed by atoms with E-state index in [-0.39, 0.29) is 5.91 Å². The summed E-state index contributed by atoms with van der Waals surface area (Å²) in [7, 11) is 1.82. The summed E-state index contributed by atoms with van der Waals surface area (Å²) in [6, 6.07) is 12.3. The Kier molecular flexibility index (Phi) is 3.16. The number of rotatable bonds is 2. The molecular formula is C18H15N3OS. The zero-order valence-electron chi connectivity index (χ0n) is 12.6. The van der Waals surface area contributed by atoms with Crippen LogP contribution < -0.4 is 10.6 Å². The van der Waals surface area contributed by atoms with E-state index in [9.17, 15) is 4.79 Å². The lowest BCUT2D eigenvalue weighted by molar-refractivity contribution is -0.117. The predicted octanol–water partition coefficient (Wildman–Crippen LogP) is 3.58. The Labute approximate surface area is 138 Å².